The summed E-state index contributed by atoms with van der Waals surface area (Å²) in [5, 5.41) is 0.981. The van der Waals surface area contributed by atoms with Gasteiger partial charge in [-0.25, -0.2) is 0 Å². The highest BCUT2D eigenvalue weighted by Gasteiger charge is 2.62. The second-order valence-electron chi connectivity index (χ2n) is 5.89. The van der Waals surface area contributed by atoms with Crippen molar-refractivity contribution >= 4 is 11.6 Å². The molecule has 2 fully saturated rings. The molecule has 0 aliphatic heterocycles. The highest BCUT2D eigenvalue weighted by atomic mass is 35.5. The van der Waals surface area contributed by atoms with Crippen molar-refractivity contribution in [3.05, 3.63) is 34.9 Å². The van der Waals surface area contributed by atoms with Crippen molar-refractivity contribution in [3.63, 3.8) is 0 Å². The van der Waals surface area contributed by atoms with Gasteiger partial charge in [0, 0.05) is 10.4 Å². The molecule has 0 saturated heterocycles. The third-order valence-corrected chi connectivity index (χ3v) is 5.17. The fourth-order valence-corrected chi connectivity index (χ4v) is 4.24. The molecule has 3 rings (SSSR count). The third kappa shape index (κ3) is 1.35. The largest absolute Gasteiger partial charge is 0.0840 e. The van der Waals surface area contributed by atoms with Crippen LogP contribution in [-0.4, -0.2) is 0 Å². The number of hydrogen-bond donors (Lipinski definition) is 0. The first-order chi connectivity index (χ1) is 7.65. The van der Waals surface area contributed by atoms with E-state index in [2.05, 4.69) is 26.0 Å². The Hall–Kier alpha value is -0.490. The van der Waals surface area contributed by atoms with Crippen LogP contribution in [0.3, 0.4) is 0 Å². The summed E-state index contributed by atoms with van der Waals surface area (Å²) in [4.78, 5) is 0. The maximum absolute atomic E-state index is 6.35. The summed E-state index contributed by atoms with van der Waals surface area (Å²) in [7, 11) is 0. The van der Waals surface area contributed by atoms with Gasteiger partial charge in [-0.15, -0.1) is 0 Å². The van der Waals surface area contributed by atoms with E-state index in [1.54, 1.807) is 0 Å². The Kier molecular flexibility index (Phi) is 2.33. The van der Waals surface area contributed by atoms with Gasteiger partial charge in [0.15, 0.2) is 0 Å². The summed E-state index contributed by atoms with van der Waals surface area (Å²) >= 11 is 6.35. The second kappa shape index (κ2) is 3.50. The molecule has 3 atom stereocenters. The zero-order valence-corrected chi connectivity index (χ0v) is 10.8. The van der Waals surface area contributed by atoms with Crippen LogP contribution in [0.2, 0.25) is 5.02 Å². The Bertz CT molecular complexity index is 410. The Morgan fingerprint density at radius 1 is 1.31 bits per heavy atom. The van der Waals surface area contributed by atoms with Crippen LogP contribution < -0.4 is 0 Å². The molecule has 2 saturated carbocycles. The van der Waals surface area contributed by atoms with Gasteiger partial charge in [0.2, 0.25) is 0 Å². The molecule has 0 spiro atoms. The summed E-state index contributed by atoms with van der Waals surface area (Å²) in [5.74, 6) is 2.67. The van der Waals surface area contributed by atoms with Crippen LogP contribution in [0.25, 0.3) is 0 Å². The average molecular weight is 235 g/mol. The fraction of sp³-hybridized carbons (Fsp3) is 0.600. The minimum Gasteiger partial charge on any atom is -0.0840 e. The molecular weight excluding hydrogens is 216 g/mol. The molecule has 16 heavy (non-hydrogen) atoms. The number of fused-ring (bicyclic) bond motifs is 1. The number of hydrogen-bond acceptors (Lipinski definition) is 0. The van der Waals surface area contributed by atoms with Crippen molar-refractivity contribution < 1.29 is 0 Å². The summed E-state index contributed by atoms with van der Waals surface area (Å²) in [6.45, 7) is 4.73. The van der Waals surface area contributed by atoms with Crippen LogP contribution in [0.15, 0.2) is 24.3 Å². The van der Waals surface area contributed by atoms with E-state index in [4.69, 9.17) is 11.6 Å². The Morgan fingerprint density at radius 2 is 2.06 bits per heavy atom. The van der Waals surface area contributed by atoms with Gasteiger partial charge in [0.1, 0.15) is 0 Å². The summed E-state index contributed by atoms with van der Waals surface area (Å²) < 4.78 is 0. The Labute approximate surface area is 103 Å². The van der Waals surface area contributed by atoms with E-state index < -0.39 is 0 Å². The highest BCUT2D eigenvalue weighted by Crippen LogP contribution is 2.68. The van der Waals surface area contributed by atoms with Gasteiger partial charge in [0.05, 0.1) is 0 Å². The van der Waals surface area contributed by atoms with E-state index in [1.807, 2.05) is 12.1 Å². The monoisotopic (exact) mass is 234 g/mol. The molecule has 0 aromatic heterocycles. The predicted molar refractivity (Wildman–Crippen MR) is 68.8 cm³/mol. The minimum absolute atomic E-state index is 0.466. The van der Waals surface area contributed by atoms with Crippen molar-refractivity contribution in [3.8, 4) is 0 Å². The molecule has 1 unspecified atom stereocenters. The first-order valence-electron chi connectivity index (χ1n) is 6.40. The lowest BCUT2D eigenvalue weighted by molar-refractivity contribution is 0.352. The van der Waals surface area contributed by atoms with Gasteiger partial charge in [0.25, 0.3) is 0 Å². The lowest BCUT2D eigenvalue weighted by Crippen LogP contribution is -2.09. The predicted octanol–water partition coefficient (Wildman–Crippen LogP) is 4.66. The van der Waals surface area contributed by atoms with E-state index in [0.29, 0.717) is 5.41 Å². The molecule has 2 aliphatic carbocycles. The van der Waals surface area contributed by atoms with Gasteiger partial charge in [-0.2, -0.15) is 0 Å². The van der Waals surface area contributed by atoms with E-state index in [1.165, 1.54) is 24.8 Å². The lowest BCUT2D eigenvalue weighted by Gasteiger charge is -2.15. The smallest absolute Gasteiger partial charge is 0.0443 e. The van der Waals surface area contributed by atoms with E-state index in [0.717, 1.165) is 22.8 Å². The van der Waals surface area contributed by atoms with Crippen LogP contribution in [-0.2, 0) is 5.41 Å². The van der Waals surface area contributed by atoms with Crippen molar-refractivity contribution in [1.82, 2.24) is 0 Å². The zero-order chi connectivity index (χ0) is 11.3. The quantitative estimate of drug-likeness (QED) is 0.698. The Morgan fingerprint density at radius 3 is 2.62 bits per heavy atom. The molecule has 0 bridgehead atoms. The lowest BCUT2D eigenvalue weighted by atomic mass is 9.91. The molecule has 0 amide bonds. The van der Waals surface area contributed by atoms with Crippen molar-refractivity contribution in [2.24, 2.45) is 17.8 Å². The molecule has 1 aromatic rings. The molecule has 86 valence electrons. The molecule has 0 heterocycles. The van der Waals surface area contributed by atoms with Crippen LogP contribution in [0.4, 0.5) is 0 Å². The first kappa shape index (κ1) is 10.7. The SMILES string of the molecule is CC(C)[C@H]1CC[C@@]2(c3ccccc3Cl)CC12. The number of rotatable bonds is 2. The van der Waals surface area contributed by atoms with Crippen LogP contribution >= 0.6 is 11.6 Å². The maximum atomic E-state index is 6.35. The van der Waals surface area contributed by atoms with Gasteiger partial charge < -0.3 is 0 Å². The van der Waals surface area contributed by atoms with Crippen molar-refractivity contribution in [1.29, 1.82) is 0 Å². The van der Waals surface area contributed by atoms with E-state index >= 15 is 0 Å². The average Bonchev–Trinajstić information content (AvgIpc) is 2.85. The molecule has 0 N–H and O–H groups in total. The highest BCUT2D eigenvalue weighted by molar-refractivity contribution is 6.31. The fourth-order valence-electron chi connectivity index (χ4n) is 3.91. The molecule has 0 radical (unpaired) electrons. The van der Waals surface area contributed by atoms with E-state index in [-0.39, 0.29) is 0 Å². The van der Waals surface area contributed by atoms with Gasteiger partial charge >= 0.3 is 0 Å². The van der Waals surface area contributed by atoms with Crippen molar-refractivity contribution in [2.45, 2.75) is 38.5 Å². The Balaban J connectivity index is 1.92. The molecule has 1 aromatic carbocycles. The molecular formula is C15H19Cl. The van der Waals surface area contributed by atoms with Crippen LogP contribution in [0.1, 0.15) is 38.7 Å². The molecule has 2 aliphatic rings. The number of benzene rings is 1. The second-order valence-corrected chi connectivity index (χ2v) is 6.30. The van der Waals surface area contributed by atoms with Gasteiger partial charge in [-0.3, -0.25) is 0 Å². The minimum atomic E-state index is 0.466. The topological polar surface area (TPSA) is 0 Å². The maximum Gasteiger partial charge on any atom is 0.0443 e. The van der Waals surface area contributed by atoms with Crippen LogP contribution in [0, 0.1) is 17.8 Å². The first-order valence-corrected chi connectivity index (χ1v) is 6.78. The zero-order valence-electron chi connectivity index (χ0n) is 10.0. The van der Waals surface area contributed by atoms with E-state index in [9.17, 15) is 0 Å². The summed E-state index contributed by atoms with van der Waals surface area (Å²) in [5.41, 5.74) is 1.89. The third-order valence-electron chi connectivity index (χ3n) is 4.84. The number of halogens is 1. The molecule has 1 heteroatoms. The van der Waals surface area contributed by atoms with Gasteiger partial charge in [-0.05, 0) is 48.6 Å². The standard InChI is InChI=1S/C15H19Cl/c1-10(2)11-7-8-15(9-13(11)15)12-5-3-4-6-14(12)16/h3-6,10-11,13H,7-9H2,1-2H3/t11-,13?,15+/m1/s1. The summed E-state index contributed by atoms with van der Waals surface area (Å²) in [6.07, 6.45) is 4.12. The molecule has 0 nitrogen and oxygen atoms in total. The van der Waals surface area contributed by atoms with Gasteiger partial charge in [-0.1, -0.05) is 43.6 Å². The van der Waals surface area contributed by atoms with Crippen molar-refractivity contribution in [2.75, 3.05) is 0 Å². The summed E-state index contributed by atoms with van der Waals surface area (Å²) in [6, 6.07) is 8.46. The normalized spacial score (nSPS) is 36.5. The van der Waals surface area contributed by atoms with Crippen LogP contribution in [0.5, 0.6) is 0 Å².